The van der Waals surface area contributed by atoms with E-state index in [2.05, 4.69) is 19.2 Å². The summed E-state index contributed by atoms with van der Waals surface area (Å²) in [5.41, 5.74) is 0. The van der Waals surface area contributed by atoms with Gasteiger partial charge in [0.1, 0.15) is 6.04 Å². The van der Waals surface area contributed by atoms with Gasteiger partial charge >= 0.3 is 5.97 Å². The molecule has 2 unspecified atom stereocenters. The number of ether oxygens (including phenoxy) is 1. The maximum atomic E-state index is 12.0. The SMILES string of the molecule is CCCC(C)C(NC1CCCC1)C(=O)OCC. The van der Waals surface area contributed by atoms with Gasteiger partial charge in [-0.05, 0) is 32.1 Å². The van der Waals surface area contributed by atoms with Gasteiger partial charge in [0, 0.05) is 6.04 Å². The van der Waals surface area contributed by atoms with Crippen molar-refractivity contribution in [1.29, 1.82) is 0 Å². The Hall–Kier alpha value is -0.570. The maximum Gasteiger partial charge on any atom is 0.323 e. The van der Waals surface area contributed by atoms with E-state index in [-0.39, 0.29) is 12.0 Å². The largest absolute Gasteiger partial charge is 0.465 e. The van der Waals surface area contributed by atoms with Crippen molar-refractivity contribution in [3.8, 4) is 0 Å². The lowest BCUT2D eigenvalue weighted by molar-refractivity contribution is -0.147. The highest BCUT2D eigenvalue weighted by atomic mass is 16.5. The number of esters is 1. The van der Waals surface area contributed by atoms with Gasteiger partial charge in [-0.1, -0.05) is 33.1 Å². The van der Waals surface area contributed by atoms with Crippen molar-refractivity contribution < 1.29 is 9.53 Å². The molecule has 1 fully saturated rings. The van der Waals surface area contributed by atoms with Crippen LogP contribution in [0.1, 0.15) is 59.3 Å². The second-order valence-corrected chi connectivity index (χ2v) is 5.14. The number of carbonyl (C=O) groups excluding carboxylic acids is 1. The van der Waals surface area contributed by atoms with Crippen LogP contribution in [-0.2, 0) is 9.53 Å². The molecule has 0 spiro atoms. The van der Waals surface area contributed by atoms with Crippen LogP contribution >= 0.6 is 0 Å². The quantitative estimate of drug-likeness (QED) is 0.697. The van der Waals surface area contributed by atoms with Crippen molar-refractivity contribution in [2.45, 2.75) is 71.4 Å². The van der Waals surface area contributed by atoms with Gasteiger partial charge < -0.3 is 10.1 Å². The molecule has 0 heterocycles. The van der Waals surface area contributed by atoms with Gasteiger partial charge in [-0.25, -0.2) is 0 Å². The molecule has 0 aromatic heterocycles. The summed E-state index contributed by atoms with van der Waals surface area (Å²) in [5, 5.41) is 3.51. The summed E-state index contributed by atoms with van der Waals surface area (Å²) < 4.78 is 5.18. The molecular weight excluding hydrogens is 214 g/mol. The molecule has 0 radical (unpaired) electrons. The minimum absolute atomic E-state index is 0.0691. The summed E-state index contributed by atoms with van der Waals surface area (Å²) in [4.78, 5) is 12.0. The van der Waals surface area contributed by atoms with E-state index in [4.69, 9.17) is 4.74 Å². The molecule has 1 rings (SSSR count). The number of rotatable bonds is 7. The average molecular weight is 241 g/mol. The first kappa shape index (κ1) is 14.5. The minimum atomic E-state index is -0.113. The molecule has 0 aliphatic heterocycles. The second kappa shape index (κ2) is 7.70. The fourth-order valence-electron chi connectivity index (χ4n) is 2.67. The first-order valence-corrected chi connectivity index (χ1v) is 7.11. The number of hydrogen-bond acceptors (Lipinski definition) is 3. The third-order valence-corrected chi connectivity index (χ3v) is 3.62. The molecule has 1 aliphatic rings. The lowest BCUT2D eigenvalue weighted by Gasteiger charge is -2.26. The van der Waals surface area contributed by atoms with Crippen LogP contribution < -0.4 is 5.32 Å². The molecule has 0 aromatic carbocycles. The van der Waals surface area contributed by atoms with E-state index in [1.54, 1.807) is 0 Å². The second-order valence-electron chi connectivity index (χ2n) is 5.14. The molecule has 3 heteroatoms. The highest BCUT2D eigenvalue weighted by Gasteiger charge is 2.29. The van der Waals surface area contributed by atoms with E-state index < -0.39 is 0 Å². The Balaban J connectivity index is 2.53. The zero-order valence-corrected chi connectivity index (χ0v) is 11.5. The predicted molar refractivity (Wildman–Crippen MR) is 69.9 cm³/mol. The molecule has 17 heavy (non-hydrogen) atoms. The molecule has 1 aliphatic carbocycles. The molecule has 0 bridgehead atoms. The van der Waals surface area contributed by atoms with Crippen LogP contribution in [0.3, 0.4) is 0 Å². The van der Waals surface area contributed by atoms with E-state index in [9.17, 15) is 4.79 Å². The van der Waals surface area contributed by atoms with Crippen LogP contribution in [0.15, 0.2) is 0 Å². The number of hydrogen-bond donors (Lipinski definition) is 1. The van der Waals surface area contributed by atoms with E-state index >= 15 is 0 Å². The zero-order valence-electron chi connectivity index (χ0n) is 11.5. The van der Waals surface area contributed by atoms with Crippen molar-refractivity contribution in [3.05, 3.63) is 0 Å². The molecular formula is C14H27NO2. The smallest absolute Gasteiger partial charge is 0.323 e. The van der Waals surface area contributed by atoms with Crippen molar-refractivity contribution in [2.75, 3.05) is 6.61 Å². The Labute approximate surface area is 105 Å². The highest BCUT2D eigenvalue weighted by Crippen LogP contribution is 2.21. The van der Waals surface area contributed by atoms with Crippen LogP contribution in [0.25, 0.3) is 0 Å². The molecule has 1 saturated carbocycles. The van der Waals surface area contributed by atoms with E-state index in [1.165, 1.54) is 25.7 Å². The Morgan fingerprint density at radius 3 is 2.53 bits per heavy atom. The van der Waals surface area contributed by atoms with Crippen LogP contribution in [0.4, 0.5) is 0 Å². The normalized spacial score (nSPS) is 20.2. The first-order chi connectivity index (χ1) is 8.19. The van der Waals surface area contributed by atoms with Crippen LogP contribution in [0, 0.1) is 5.92 Å². The minimum Gasteiger partial charge on any atom is -0.465 e. The van der Waals surface area contributed by atoms with E-state index in [1.807, 2.05) is 6.92 Å². The van der Waals surface area contributed by atoms with E-state index in [0.717, 1.165) is 12.8 Å². The van der Waals surface area contributed by atoms with Gasteiger partial charge in [0.2, 0.25) is 0 Å². The molecule has 100 valence electrons. The van der Waals surface area contributed by atoms with Gasteiger partial charge in [-0.3, -0.25) is 4.79 Å². The lowest BCUT2D eigenvalue weighted by Crippen LogP contribution is -2.47. The molecule has 1 N–H and O–H groups in total. The summed E-state index contributed by atoms with van der Waals surface area (Å²) in [6.45, 7) is 6.65. The Kier molecular flexibility index (Phi) is 6.56. The summed E-state index contributed by atoms with van der Waals surface area (Å²) in [6.07, 6.45) is 7.17. The van der Waals surface area contributed by atoms with Crippen molar-refractivity contribution >= 4 is 5.97 Å². The van der Waals surface area contributed by atoms with Crippen molar-refractivity contribution in [3.63, 3.8) is 0 Å². The fraction of sp³-hybridized carbons (Fsp3) is 0.929. The zero-order chi connectivity index (χ0) is 12.7. The first-order valence-electron chi connectivity index (χ1n) is 7.11. The summed E-state index contributed by atoms with van der Waals surface area (Å²) in [5.74, 6) is 0.292. The predicted octanol–water partition coefficient (Wildman–Crippen LogP) is 2.89. The van der Waals surface area contributed by atoms with Crippen molar-refractivity contribution in [2.24, 2.45) is 5.92 Å². The van der Waals surface area contributed by atoms with Gasteiger partial charge in [-0.15, -0.1) is 0 Å². The lowest BCUT2D eigenvalue weighted by atomic mass is 9.96. The molecule has 0 amide bonds. The topological polar surface area (TPSA) is 38.3 Å². The molecule has 3 nitrogen and oxygen atoms in total. The van der Waals surface area contributed by atoms with Gasteiger partial charge in [0.25, 0.3) is 0 Å². The standard InChI is InChI=1S/C14H27NO2/c1-4-8-11(3)13(14(16)17-5-2)15-12-9-6-7-10-12/h11-13,15H,4-10H2,1-3H3. The fourth-order valence-corrected chi connectivity index (χ4v) is 2.67. The van der Waals surface area contributed by atoms with Crippen LogP contribution in [-0.4, -0.2) is 24.7 Å². The summed E-state index contributed by atoms with van der Waals surface area (Å²) in [7, 11) is 0. The van der Waals surface area contributed by atoms with Crippen LogP contribution in [0.5, 0.6) is 0 Å². The van der Waals surface area contributed by atoms with Crippen LogP contribution in [0.2, 0.25) is 0 Å². The summed E-state index contributed by atoms with van der Waals surface area (Å²) >= 11 is 0. The van der Waals surface area contributed by atoms with Gasteiger partial charge in [-0.2, -0.15) is 0 Å². The Morgan fingerprint density at radius 2 is 2.00 bits per heavy atom. The maximum absolute atomic E-state index is 12.0. The number of nitrogens with one attached hydrogen (secondary N) is 1. The highest BCUT2D eigenvalue weighted by molar-refractivity contribution is 5.76. The number of carbonyl (C=O) groups is 1. The Bertz CT molecular complexity index is 224. The molecule has 2 atom stereocenters. The van der Waals surface area contributed by atoms with Crippen molar-refractivity contribution in [1.82, 2.24) is 5.32 Å². The van der Waals surface area contributed by atoms with Gasteiger partial charge in [0.05, 0.1) is 6.61 Å². The molecule has 0 aromatic rings. The monoisotopic (exact) mass is 241 g/mol. The third-order valence-electron chi connectivity index (χ3n) is 3.62. The van der Waals surface area contributed by atoms with Gasteiger partial charge in [0.15, 0.2) is 0 Å². The summed E-state index contributed by atoms with van der Waals surface area (Å²) in [6, 6.07) is 0.404. The van der Waals surface area contributed by atoms with E-state index in [0.29, 0.717) is 18.6 Å². The third kappa shape index (κ3) is 4.66. The Morgan fingerprint density at radius 1 is 1.35 bits per heavy atom. The average Bonchev–Trinajstić information content (AvgIpc) is 2.79. The molecule has 0 saturated heterocycles.